The van der Waals surface area contributed by atoms with Gasteiger partial charge >= 0.3 is 0 Å². The molecule has 0 heterocycles. The summed E-state index contributed by atoms with van der Waals surface area (Å²) >= 11 is 0. The Bertz CT molecular complexity index is 290. The van der Waals surface area contributed by atoms with E-state index in [-0.39, 0.29) is 5.91 Å². The second kappa shape index (κ2) is 5.67. The van der Waals surface area contributed by atoms with Gasteiger partial charge in [0.15, 0.2) is 0 Å². The summed E-state index contributed by atoms with van der Waals surface area (Å²) in [6, 6.07) is 0.336. The molecule has 0 aromatic rings. The number of carbonyl (C=O) groups excluding carboxylic acids is 1. The molecule has 2 rings (SSSR count). The topological polar surface area (TPSA) is 41.1 Å². The summed E-state index contributed by atoms with van der Waals surface area (Å²) in [6.45, 7) is 6.87. The first-order valence-corrected chi connectivity index (χ1v) is 6.81. The van der Waals surface area contributed by atoms with Gasteiger partial charge in [0.1, 0.15) is 0 Å². The standard InChI is InChI=1S/C14H24N2O/c1-3-6-15-9-14(17)16-10(2)13-8-11-4-5-12(13)7-11/h3,10-13,15H,1,4-9H2,2H3,(H,16,17)/t10-,11+,12+,13+/m0/s1. The molecule has 2 saturated carbocycles. The minimum atomic E-state index is 0.113. The zero-order valence-corrected chi connectivity index (χ0v) is 10.7. The minimum absolute atomic E-state index is 0.113. The highest BCUT2D eigenvalue weighted by atomic mass is 16.1. The van der Waals surface area contributed by atoms with Gasteiger partial charge in [-0.3, -0.25) is 4.79 Å². The summed E-state index contributed by atoms with van der Waals surface area (Å²) in [4.78, 5) is 11.7. The van der Waals surface area contributed by atoms with Crippen molar-refractivity contribution in [3.63, 3.8) is 0 Å². The van der Waals surface area contributed by atoms with Gasteiger partial charge in [0.25, 0.3) is 0 Å². The van der Waals surface area contributed by atoms with E-state index >= 15 is 0 Å². The molecule has 0 aromatic carbocycles. The van der Waals surface area contributed by atoms with Crippen molar-refractivity contribution in [1.29, 1.82) is 0 Å². The van der Waals surface area contributed by atoms with E-state index in [0.29, 0.717) is 19.1 Å². The third-order valence-electron chi connectivity index (χ3n) is 4.40. The van der Waals surface area contributed by atoms with E-state index in [1.807, 2.05) is 0 Å². The first-order valence-electron chi connectivity index (χ1n) is 6.81. The van der Waals surface area contributed by atoms with Crippen LogP contribution in [0.1, 0.15) is 32.6 Å². The highest BCUT2D eigenvalue weighted by molar-refractivity contribution is 5.78. The molecule has 2 N–H and O–H groups in total. The number of carbonyl (C=O) groups is 1. The Hall–Kier alpha value is -0.830. The summed E-state index contributed by atoms with van der Waals surface area (Å²) in [6.07, 6.45) is 7.30. The Kier molecular flexibility index (Phi) is 4.21. The molecule has 2 bridgehead atoms. The van der Waals surface area contributed by atoms with Crippen molar-refractivity contribution in [1.82, 2.24) is 10.6 Å². The predicted molar refractivity (Wildman–Crippen MR) is 69.6 cm³/mol. The first-order chi connectivity index (χ1) is 8.20. The first kappa shape index (κ1) is 12.6. The van der Waals surface area contributed by atoms with Crippen LogP contribution in [0, 0.1) is 17.8 Å². The van der Waals surface area contributed by atoms with Crippen molar-refractivity contribution in [3.8, 4) is 0 Å². The van der Waals surface area contributed by atoms with Crippen LogP contribution in [0.4, 0.5) is 0 Å². The SMILES string of the molecule is C=CCNCC(=O)N[C@@H](C)[C@H]1C[C@@H]2CC[C@@H]1C2. The van der Waals surface area contributed by atoms with Crippen LogP contribution >= 0.6 is 0 Å². The number of fused-ring (bicyclic) bond motifs is 2. The van der Waals surface area contributed by atoms with E-state index in [4.69, 9.17) is 0 Å². The maximum atomic E-state index is 11.7. The second-order valence-corrected chi connectivity index (χ2v) is 5.61. The summed E-state index contributed by atoms with van der Waals surface area (Å²) < 4.78 is 0. The van der Waals surface area contributed by atoms with Crippen molar-refractivity contribution in [2.45, 2.75) is 38.6 Å². The Morgan fingerprint density at radius 3 is 2.88 bits per heavy atom. The molecule has 0 saturated heterocycles. The molecule has 2 aliphatic carbocycles. The zero-order valence-electron chi connectivity index (χ0n) is 10.7. The highest BCUT2D eigenvalue weighted by Crippen LogP contribution is 2.49. The molecule has 0 unspecified atom stereocenters. The molecule has 3 heteroatoms. The van der Waals surface area contributed by atoms with E-state index in [9.17, 15) is 4.79 Å². The summed E-state index contributed by atoms with van der Waals surface area (Å²) in [5.74, 6) is 2.65. The van der Waals surface area contributed by atoms with Gasteiger partial charge in [-0.25, -0.2) is 0 Å². The van der Waals surface area contributed by atoms with E-state index in [1.165, 1.54) is 25.7 Å². The smallest absolute Gasteiger partial charge is 0.234 e. The molecule has 2 aliphatic rings. The average Bonchev–Trinajstić information content (AvgIpc) is 2.91. The van der Waals surface area contributed by atoms with Crippen molar-refractivity contribution in [2.24, 2.45) is 17.8 Å². The largest absolute Gasteiger partial charge is 0.352 e. The van der Waals surface area contributed by atoms with Gasteiger partial charge < -0.3 is 10.6 Å². The van der Waals surface area contributed by atoms with Crippen LogP contribution in [0.2, 0.25) is 0 Å². The number of amides is 1. The maximum absolute atomic E-state index is 11.7. The molecule has 2 fully saturated rings. The minimum Gasteiger partial charge on any atom is -0.352 e. The number of nitrogens with one attached hydrogen (secondary N) is 2. The molecule has 96 valence electrons. The van der Waals surface area contributed by atoms with Gasteiger partial charge in [0, 0.05) is 12.6 Å². The van der Waals surface area contributed by atoms with E-state index in [2.05, 4.69) is 24.1 Å². The second-order valence-electron chi connectivity index (χ2n) is 5.61. The van der Waals surface area contributed by atoms with Crippen LogP contribution in [0.3, 0.4) is 0 Å². The Morgan fingerprint density at radius 2 is 2.29 bits per heavy atom. The van der Waals surface area contributed by atoms with Crippen LogP contribution in [-0.4, -0.2) is 25.0 Å². The number of hydrogen-bond donors (Lipinski definition) is 2. The molecule has 0 aromatic heterocycles. The molecule has 0 spiro atoms. The monoisotopic (exact) mass is 236 g/mol. The third kappa shape index (κ3) is 3.09. The van der Waals surface area contributed by atoms with Gasteiger partial charge in [0.05, 0.1) is 6.54 Å². The van der Waals surface area contributed by atoms with E-state index in [0.717, 1.165) is 17.8 Å². The summed E-state index contributed by atoms with van der Waals surface area (Å²) in [5, 5.41) is 6.16. The predicted octanol–water partition coefficient (Wildman–Crippen LogP) is 1.70. The van der Waals surface area contributed by atoms with Gasteiger partial charge in [0.2, 0.25) is 5.91 Å². The summed E-state index contributed by atoms with van der Waals surface area (Å²) in [5.41, 5.74) is 0. The molecule has 1 amide bonds. The van der Waals surface area contributed by atoms with Crippen LogP contribution < -0.4 is 10.6 Å². The Balaban J connectivity index is 1.71. The quantitative estimate of drug-likeness (QED) is 0.544. The molecule has 17 heavy (non-hydrogen) atoms. The highest BCUT2D eigenvalue weighted by Gasteiger charge is 2.41. The summed E-state index contributed by atoms with van der Waals surface area (Å²) in [7, 11) is 0. The number of rotatable bonds is 6. The average molecular weight is 236 g/mol. The molecule has 3 nitrogen and oxygen atoms in total. The lowest BCUT2D eigenvalue weighted by Gasteiger charge is -2.28. The Morgan fingerprint density at radius 1 is 1.47 bits per heavy atom. The van der Waals surface area contributed by atoms with Crippen LogP contribution in [0.5, 0.6) is 0 Å². The molecular weight excluding hydrogens is 212 g/mol. The zero-order chi connectivity index (χ0) is 12.3. The fraction of sp³-hybridized carbons (Fsp3) is 0.786. The van der Waals surface area contributed by atoms with Crippen molar-refractivity contribution in [2.75, 3.05) is 13.1 Å². The van der Waals surface area contributed by atoms with Crippen molar-refractivity contribution < 1.29 is 4.79 Å². The molecular formula is C14H24N2O. The van der Waals surface area contributed by atoms with Crippen LogP contribution in [0.15, 0.2) is 12.7 Å². The Labute approximate surface area is 104 Å². The maximum Gasteiger partial charge on any atom is 0.234 e. The van der Waals surface area contributed by atoms with Crippen molar-refractivity contribution >= 4 is 5.91 Å². The fourth-order valence-electron chi connectivity index (χ4n) is 3.61. The van der Waals surface area contributed by atoms with Crippen LogP contribution in [0.25, 0.3) is 0 Å². The van der Waals surface area contributed by atoms with Gasteiger partial charge in [-0.05, 0) is 43.9 Å². The lowest BCUT2D eigenvalue weighted by molar-refractivity contribution is -0.121. The lowest BCUT2D eigenvalue weighted by Crippen LogP contribution is -2.43. The van der Waals surface area contributed by atoms with E-state index in [1.54, 1.807) is 6.08 Å². The molecule has 0 aliphatic heterocycles. The third-order valence-corrected chi connectivity index (χ3v) is 4.40. The number of hydrogen-bond acceptors (Lipinski definition) is 2. The van der Waals surface area contributed by atoms with Gasteiger partial charge in [-0.15, -0.1) is 6.58 Å². The molecule has 0 radical (unpaired) electrons. The fourth-order valence-corrected chi connectivity index (χ4v) is 3.61. The molecule has 4 atom stereocenters. The van der Waals surface area contributed by atoms with Crippen LogP contribution in [-0.2, 0) is 4.79 Å². The lowest BCUT2D eigenvalue weighted by atomic mass is 9.84. The van der Waals surface area contributed by atoms with E-state index < -0.39 is 0 Å². The van der Waals surface area contributed by atoms with Gasteiger partial charge in [-0.1, -0.05) is 12.5 Å². The van der Waals surface area contributed by atoms with Crippen molar-refractivity contribution in [3.05, 3.63) is 12.7 Å². The van der Waals surface area contributed by atoms with Gasteiger partial charge in [-0.2, -0.15) is 0 Å². The normalized spacial score (nSPS) is 32.4.